The van der Waals surface area contributed by atoms with Crippen LogP contribution in [0.2, 0.25) is 0 Å². The highest BCUT2D eigenvalue weighted by Gasteiger charge is 2.09. The van der Waals surface area contributed by atoms with E-state index in [1.54, 1.807) is 24.7 Å². The molecule has 0 atom stereocenters. The fraction of sp³-hybridized carbons (Fsp3) is 0.0500. The molecule has 0 bridgehead atoms. The van der Waals surface area contributed by atoms with Crippen LogP contribution in [0.25, 0.3) is 22.6 Å². The number of hydrogen-bond donors (Lipinski definition) is 2. The predicted octanol–water partition coefficient (Wildman–Crippen LogP) is 2.86. The molecule has 27 heavy (non-hydrogen) atoms. The number of benzene rings is 1. The number of pyridine rings is 2. The number of nitrogens with one attached hydrogen (secondary N) is 2. The minimum Gasteiger partial charge on any atom is -0.345 e. The second-order valence-corrected chi connectivity index (χ2v) is 5.84. The molecular formula is C20H16N6O. The van der Waals surface area contributed by atoms with E-state index in [1.165, 1.54) is 0 Å². The molecule has 7 heteroatoms. The van der Waals surface area contributed by atoms with Gasteiger partial charge in [-0.15, -0.1) is 10.2 Å². The number of amides is 1. The van der Waals surface area contributed by atoms with Crippen molar-refractivity contribution in [3.8, 4) is 22.6 Å². The number of carbonyl (C=O) groups excluding carboxylic acids is 1. The summed E-state index contributed by atoms with van der Waals surface area (Å²) in [6.07, 6.45) is 4.96. The van der Waals surface area contributed by atoms with E-state index >= 15 is 0 Å². The number of carbonyl (C=O) groups is 1. The van der Waals surface area contributed by atoms with Crippen molar-refractivity contribution < 1.29 is 4.79 Å². The fourth-order valence-electron chi connectivity index (χ4n) is 2.58. The highest BCUT2D eigenvalue weighted by Crippen LogP contribution is 2.16. The molecule has 0 aliphatic heterocycles. The Morgan fingerprint density at radius 3 is 2.52 bits per heavy atom. The largest absolute Gasteiger partial charge is 0.345 e. The van der Waals surface area contributed by atoms with Crippen LogP contribution in [0.1, 0.15) is 16.2 Å². The van der Waals surface area contributed by atoms with Gasteiger partial charge in [-0.1, -0.05) is 30.3 Å². The molecule has 0 spiro atoms. The molecule has 0 radical (unpaired) electrons. The van der Waals surface area contributed by atoms with E-state index in [9.17, 15) is 4.79 Å². The van der Waals surface area contributed by atoms with Crippen molar-refractivity contribution >= 4 is 5.91 Å². The van der Waals surface area contributed by atoms with Crippen molar-refractivity contribution in [2.45, 2.75) is 6.54 Å². The van der Waals surface area contributed by atoms with Gasteiger partial charge in [0.2, 0.25) is 0 Å². The molecule has 132 valence electrons. The van der Waals surface area contributed by atoms with E-state index in [2.05, 4.69) is 30.5 Å². The molecule has 2 N–H and O–H groups in total. The SMILES string of the molecule is O=C(NCc1nnc(-c2cccnc2)[nH]1)c1ccc(-c2ccccc2)nc1. The van der Waals surface area contributed by atoms with Gasteiger partial charge in [-0.05, 0) is 24.3 Å². The van der Waals surface area contributed by atoms with Crippen LogP contribution < -0.4 is 5.32 Å². The van der Waals surface area contributed by atoms with Gasteiger partial charge in [-0.3, -0.25) is 14.8 Å². The van der Waals surface area contributed by atoms with E-state index in [0.29, 0.717) is 17.2 Å². The summed E-state index contributed by atoms with van der Waals surface area (Å²) in [5.74, 6) is 0.957. The van der Waals surface area contributed by atoms with Crippen molar-refractivity contribution in [1.29, 1.82) is 0 Å². The number of aromatic amines is 1. The lowest BCUT2D eigenvalue weighted by molar-refractivity contribution is 0.0949. The van der Waals surface area contributed by atoms with Crippen molar-refractivity contribution in [2.75, 3.05) is 0 Å². The van der Waals surface area contributed by atoms with Gasteiger partial charge >= 0.3 is 0 Å². The normalized spacial score (nSPS) is 10.5. The van der Waals surface area contributed by atoms with Crippen molar-refractivity contribution in [3.63, 3.8) is 0 Å². The molecule has 4 rings (SSSR count). The second kappa shape index (κ2) is 7.57. The maximum atomic E-state index is 12.3. The van der Waals surface area contributed by atoms with Gasteiger partial charge in [-0.25, -0.2) is 0 Å². The molecule has 4 aromatic rings. The summed E-state index contributed by atoms with van der Waals surface area (Å²) in [5.41, 5.74) is 3.16. The molecule has 0 saturated carbocycles. The van der Waals surface area contributed by atoms with Crippen LogP contribution in [0.5, 0.6) is 0 Å². The topological polar surface area (TPSA) is 96.5 Å². The third-order valence-corrected chi connectivity index (χ3v) is 3.98. The molecule has 7 nitrogen and oxygen atoms in total. The van der Waals surface area contributed by atoms with E-state index in [1.807, 2.05) is 48.5 Å². The zero-order chi connectivity index (χ0) is 18.5. The van der Waals surface area contributed by atoms with Crippen molar-refractivity contribution in [3.05, 3.63) is 84.6 Å². The molecule has 0 aliphatic carbocycles. The monoisotopic (exact) mass is 356 g/mol. The Labute approximate surface area is 155 Å². The van der Waals surface area contributed by atoms with Gasteiger partial charge in [0, 0.05) is 29.7 Å². The van der Waals surface area contributed by atoms with Gasteiger partial charge in [0.25, 0.3) is 5.91 Å². The maximum absolute atomic E-state index is 12.3. The number of nitrogens with zero attached hydrogens (tertiary/aromatic N) is 4. The van der Waals surface area contributed by atoms with Crippen LogP contribution in [0.15, 0.2) is 73.2 Å². The van der Waals surface area contributed by atoms with Crippen LogP contribution in [-0.2, 0) is 6.54 Å². The Bertz CT molecular complexity index is 1030. The van der Waals surface area contributed by atoms with Gasteiger partial charge in [0.1, 0.15) is 5.82 Å². The number of hydrogen-bond acceptors (Lipinski definition) is 5. The first-order chi connectivity index (χ1) is 13.3. The van der Waals surface area contributed by atoms with Gasteiger partial charge in [-0.2, -0.15) is 0 Å². The summed E-state index contributed by atoms with van der Waals surface area (Å²) >= 11 is 0. The Morgan fingerprint density at radius 1 is 0.926 bits per heavy atom. The molecule has 0 fully saturated rings. The van der Waals surface area contributed by atoms with E-state index in [0.717, 1.165) is 16.8 Å². The lowest BCUT2D eigenvalue weighted by Crippen LogP contribution is -2.23. The molecular weight excluding hydrogens is 340 g/mol. The minimum absolute atomic E-state index is 0.221. The molecule has 3 aromatic heterocycles. The van der Waals surface area contributed by atoms with Gasteiger partial charge < -0.3 is 10.3 Å². The first kappa shape index (κ1) is 16.6. The van der Waals surface area contributed by atoms with Gasteiger partial charge in [0.15, 0.2) is 5.82 Å². The van der Waals surface area contributed by atoms with E-state index in [4.69, 9.17) is 0 Å². The lowest BCUT2D eigenvalue weighted by Gasteiger charge is -2.04. The predicted molar refractivity (Wildman–Crippen MR) is 100 cm³/mol. The molecule has 3 heterocycles. The standard InChI is InChI=1S/C20H16N6O/c27-20(16-8-9-17(22-12-16)14-5-2-1-3-6-14)23-13-18-24-19(26-25-18)15-7-4-10-21-11-15/h1-12H,13H2,(H,23,27)(H,24,25,26). The van der Waals surface area contributed by atoms with Crippen molar-refractivity contribution in [1.82, 2.24) is 30.5 Å². The molecule has 0 unspecified atom stereocenters. The Balaban J connectivity index is 1.39. The summed E-state index contributed by atoms with van der Waals surface area (Å²) in [6.45, 7) is 0.243. The highest BCUT2D eigenvalue weighted by molar-refractivity contribution is 5.94. The van der Waals surface area contributed by atoms with E-state index in [-0.39, 0.29) is 12.5 Å². The molecule has 0 aliphatic rings. The Hall–Kier alpha value is -3.87. The Morgan fingerprint density at radius 2 is 1.78 bits per heavy atom. The zero-order valence-electron chi connectivity index (χ0n) is 14.3. The first-order valence-electron chi connectivity index (χ1n) is 8.41. The second-order valence-electron chi connectivity index (χ2n) is 5.84. The maximum Gasteiger partial charge on any atom is 0.253 e. The summed E-state index contributed by atoms with van der Waals surface area (Å²) in [5, 5.41) is 10.9. The number of H-pyrrole nitrogens is 1. The van der Waals surface area contributed by atoms with E-state index < -0.39 is 0 Å². The van der Waals surface area contributed by atoms with Gasteiger partial charge in [0.05, 0.1) is 17.8 Å². The third kappa shape index (κ3) is 3.87. The minimum atomic E-state index is -0.221. The zero-order valence-corrected chi connectivity index (χ0v) is 14.3. The number of aromatic nitrogens is 5. The summed E-state index contributed by atoms with van der Waals surface area (Å²) in [7, 11) is 0. The quantitative estimate of drug-likeness (QED) is 0.573. The third-order valence-electron chi connectivity index (χ3n) is 3.98. The Kier molecular flexibility index (Phi) is 4.65. The molecule has 1 aromatic carbocycles. The molecule has 1 amide bonds. The highest BCUT2D eigenvalue weighted by atomic mass is 16.1. The van der Waals surface area contributed by atoms with Crippen LogP contribution in [0.4, 0.5) is 0 Å². The first-order valence-corrected chi connectivity index (χ1v) is 8.41. The molecule has 0 saturated heterocycles. The number of rotatable bonds is 5. The van der Waals surface area contributed by atoms with Crippen molar-refractivity contribution in [2.24, 2.45) is 0 Å². The average Bonchev–Trinajstić information content (AvgIpc) is 3.22. The van der Waals surface area contributed by atoms with Crippen LogP contribution >= 0.6 is 0 Å². The lowest BCUT2D eigenvalue weighted by atomic mass is 10.1. The summed E-state index contributed by atoms with van der Waals surface area (Å²) in [4.78, 5) is 23.8. The summed E-state index contributed by atoms with van der Waals surface area (Å²) < 4.78 is 0. The summed E-state index contributed by atoms with van der Waals surface area (Å²) in [6, 6.07) is 17.1. The van der Waals surface area contributed by atoms with Crippen LogP contribution in [0.3, 0.4) is 0 Å². The van der Waals surface area contributed by atoms with Crippen LogP contribution in [-0.4, -0.2) is 31.1 Å². The van der Waals surface area contributed by atoms with Crippen LogP contribution in [0, 0.1) is 0 Å². The fourth-order valence-corrected chi connectivity index (χ4v) is 2.58. The average molecular weight is 356 g/mol. The smallest absolute Gasteiger partial charge is 0.253 e.